The second-order valence-electron chi connectivity index (χ2n) is 13.7. The smallest absolute Gasteiger partial charge is 0.243 e. The minimum Gasteiger partial charge on any atom is -0.378 e. The Labute approximate surface area is 241 Å². The van der Waals surface area contributed by atoms with Gasteiger partial charge in [0.2, 0.25) is 15.9 Å². The van der Waals surface area contributed by atoms with Crippen molar-refractivity contribution in [3.63, 3.8) is 0 Å². The summed E-state index contributed by atoms with van der Waals surface area (Å²) < 4.78 is 36.4. The topological polar surface area (TPSA) is 70.2 Å². The number of benzene rings is 1. The third kappa shape index (κ3) is 5.62. The van der Waals surface area contributed by atoms with E-state index in [1.54, 1.807) is 12.1 Å². The predicted octanol–water partition coefficient (Wildman–Crippen LogP) is 4.98. The average molecular weight is 572 g/mol. The number of carbonyl (C=O) groups excluding carboxylic acids is 1. The van der Waals surface area contributed by atoms with Crippen LogP contribution >= 0.6 is 0 Å². The Hall–Kier alpha value is -1.48. The molecule has 0 bridgehead atoms. The molecule has 4 unspecified atom stereocenters. The van der Waals surface area contributed by atoms with Gasteiger partial charge in [0.15, 0.2) is 0 Å². The molecule has 0 N–H and O–H groups in total. The molecule has 3 heterocycles. The first kappa shape index (κ1) is 28.6. The highest BCUT2D eigenvalue weighted by molar-refractivity contribution is 7.89. The van der Waals surface area contributed by atoms with Gasteiger partial charge in [0.1, 0.15) is 0 Å². The van der Waals surface area contributed by atoms with E-state index in [4.69, 9.17) is 4.74 Å². The third-order valence-corrected chi connectivity index (χ3v) is 12.7. The van der Waals surface area contributed by atoms with Crippen LogP contribution in [0.15, 0.2) is 29.2 Å². The van der Waals surface area contributed by atoms with Crippen LogP contribution in [0.2, 0.25) is 0 Å². The van der Waals surface area contributed by atoms with Crippen molar-refractivity contribution < 1.29 is 17.9 Å². The average Bonchev–Trinajstić information content (AvgIpc) is 3.88. The van der Waals surface area contributed by atoms with E-state index in [0.717, 1.165) is 50.5 Å². The summed E-state index contributed by atoms with van der Waals surface area (Å²) in [6.07, 6.45) is 11.4. The largest absolute Gasteiger partial charge is 0.378 e. The summed E-state index contributed by atoms with van der Waals surface area (Å²) in [5.41, 5.74) is 0.720. The number of amides is 1. The molecular weight excluding hydrogens is 522 g/mol. The van der Waals surface area contributed by atoms with Crippen LogP contribution in [0, 0.1) is 18.3 Å². The number of hydrogen-bond acceptors (Lipinski definition) is 5. The number of piperidine rings is 1. The van der Waals surface area contributed by atoms with Crippen molar-refractivity contribution in [1.29, 1.82) is 0 Å². The number of carbonyl (C=O) groups is 1. The number of likely N-dealkylation sites (tertiary alicyclic amines) is 2. The Morgan fingerprint density at radius 3 is 2.38 bits per heavy atom. The maximum atomic E-state index is 14.2. The molecule has 40 heavy (non-hydrogen) atoms. The molecule has 5 aliphatic rings. The molecule has 7 nitrogen and oxygen atoms in total. The Morgan fingerprint density at radius 2 is 1.73 bits per heavy atom. The monoisotopic (exact) mass is 571 g/mol. The third-order valence-electron chi connectivity index (χ3n) is 10.8. The predicted molar refractivity (Wildman–Crippen MR) is 156 cm³/mol. The molecule has 6 rings (SSSR count). The van der Waals surface area contributed by atoms with Gasteiger partial charge in [-0.15, -0.1) is 0 Å². The molecule has 3 aliphatic heterocycles. The normalized spacial score (nSPS) is 32.2. The molecule has 1 aromatic rings. The summed E-state index contributed by atoms with van der Waals surface area (Å²) in [4.78, 5) is 19.3. The molecular formula is C32H49N3O4S. The quantitative estimate of drug-likeness (QED) is 0.418. The molecule has 5 atom stereocenters. The van der Waals surface area contributed by atoms with Crippen LogP contribution in [-0.2, 0) is 19.6 Å². The van der Waals surface area contributed by atoms with E-state index in [2.05, 4.69) is 23.6 Å². The Kier molecular flexibility index (Phi) is 8.09. The van der Waals surface area contributed by atoms with Crippen LogP contribution < -0.4 is 0 Å². The lowest BCUT2D eigenvalue weighted by molar-refractivity contribution is -0.137. The van der Waals surface area contributed by atoms with Crippen molar-refractivity contribution in [2.24, 2.45) is 11.3 Å². The Morgan fingerprint density at radius 1 is 1.02 bits per heavy atom. The first-order chi connectivity index (χ1) is 19.2. The van der Waals surface area contributed by atoms with E-state index in [-0.39, 0.29) is 35.5 Å². The maximum Gasteiger partial charge on any atom is 0.243 e. The summed E-state index contributed by atoms with van der Waals surface area (Å²) in [5, 5.41) is 0. The van der Waals surface area contributed by atoms with E-state index in [1.807, 2.05) is 23.4 Å². The molecule has 1 aromatic carbocycles. The fourth-order valence-corrected chi connectivity index (χ4v) is 9.90. The van der Waals surface area contributed by atoms with Gasteiger partial charge < -0.3 is 14.5 Å². The number of morpholine rings is 1. The number of hydrogen-bond donors (Lipinski definition) is 0. The van der Waals surface area contributed by atoms with Crippen molar-refractivity contribution in [1.82, 2.24) is 14.1 Å². The van der Waals surface area contributed by atoms with Crippen molar-refractivity contribution in [2.75, 3.05) is 26.3 Å². The van der Waals surface area contributed by atoms with Crippen molar-refractivity contribution in [3.8, 4) is 0 Å². The molecule has 8 heteroatoms. The second kappa shape index (κ2) is 11.3. The van der Waals surface area contributed by atoms with Gasteiger partial charge in [-0.1, -0.05) is 24.1 Å². The first-order valence-corrected chi connectivity index (χ1v) is 17.4. The number of ether oxygens (including phenoxy) is 1. The lowest BCUT2D eigenvalue weighted by Gasteiger charge is -2.45. The number of rotatable bonds is 9. The summed E-state index contributed by atoms with van der Waals surface area (Å²) in [5.74, 6) is 0.577. The van der Waals surface area contributed by atoms with E-state index in [1.165, 1.54) is 32.4 Å². The van der Waals surface area contributed by atoms with E-state index < -0.39 is 10.0 Å². The van der Waals surface area contributed by atoms with Gasteiger partial charge in [-0.25, -0.2) is 8.42 Å². The van der Waals surface area contributed by atoms with Crippen molar-refractivity contribution in [3.05, 3.63) is 29.8 Å². The lowest BCUT2D eigenvalue weighted by atomic mass is 9.89. The van der Waals surface area contributed by atoms with Crippen LogP contribution in [0.1, 0.15) is 90.0 Å². The first-order valence-electron chi connectivity index (χ1n) is 15.9. The second-order valence-corrected chi connectivity index (χ2v) is 15.6. The molecule has 2 aliphatic carbocycles. The molecule has 1 amide bonds. The molecule has 0 aromatic heterocycles. The number of nitrogens with zero attached hydrogens (tertiary/aromatic N) is 3. The number of sulfonamides is 1. The fraction of sp³-hybridized carbons (Fsp3) is 0.781. The van der Waals surface area contributed by atoms with E-state index >= 15 is 0 Å². The fourth-order valence-electron chi connectivity index (χ4n) is 7.96. The summed E-state index contributed by atoms with van der Waals surface area (Å²) >= 11 is 0. The highest BCUT2D eigenvalue weighted by atomic mass is 32.2. The van der Waals surface area contributed by atoms with Crippen LogP contribution in [0.4, 0.5) is 0 Å². The standard InChI is InChI=1S/C32H49N3O4S/c1-23-7-13-28(14-8-23)40(37,38)35-29(26-10-11-26)21-39-22-30(35)32(15-16-32)20-31(36)34-24(2)9-12-27(34)19-25(3)33-17-5-4-6-18-33/h7-8,13-14,24-27,29-30H,4-6,9-12,15-22H2,1-3H3/t24?,25?,27?,29?,30-/m1/s1. The van der Waals surface area contributed by atoms with Crippen molar-refractivity contribution in [2.45, 2.75) is 127 Å². The molecule has 2 saturated carbocycles. The van der Waals surface area contributed by atoms with E-state index in [0.29, 0.717) is 36.5 Å². The zero-order chi connectivity index (χ0) is 28.1. The SMILES string of the molecule is Cc1ccc(S(=O)(=O)N2C(C3CC3)COC[C@@H]2C2(CC(=O)N3C(C)CCC3CC(C)N3CCCCC3)CC2)cc1. The Balaban J connectivity index is 1.21. The van der Waals surface area contributed by atoms with Crippen molar-refractivity contribution >= 4 is 15.9 Å². The summed E-state index contributed by atoms with van der Waals surface area (Å²) in [7, 11) is -3.71. The van der Waals surface area contributed by atoms with E-state index in [9.17, 15) is 13.2 Å². The summed E-state index contributed by atoms with van der Waals surface area (Å²) in [6.45, 7) is 9.70. The Bertz CT molecular complexity index is 1160. The zero-order valence-electron chi connectivity index (χ0n) is 24.8. The van der Waals surface area contributed by atoms with Crippen LogP contribution in [-0.4, -0.2) is 84.9 Å². The van der Waals surface area contributed by atoms with Gasteiger partial charge in [-0.05, 0) is 115 Å². The number of aryl methyl sites for hydroxylation is 1. The maximum absolute atomic E-state index is 14.2. The highest BCUT2D eigenvalue weighted by Crippen LogP contribution is 2.57. The lowest BCUT2D eigenvalue weighted by Crippen LogP contribution is -2.59. The van der Waals surface area contributed by atoms with Gasteiger partial charge >= 0.3 is 0 Å². The van der Waals surface area contributed by atoms with Crippen LogP contribution in [0.5, 0.6) is 0 Å². The molecule has 222 valence electrons. The highest BCUT2D eigenvalue weighted by Gasteiger charge is 2.60. The molecule has 3 saturated heterocycles. The molecule has 0 spiro atoms. The zero-order valence-corrected chi connectivity index (χ0v) is 25.6. The minimum absolute atomic E-state index is 0.138. The molecule has 5 fully saturated rings. The summed E-state index contributed by atoms with van der Waals surface area (Å²) in [6, 6.07) is 7.84. The van der Waals surface area contributed by atoms with Crippen LogP contribution in [0.3, 0.4) is 0 Å². The van der Waals surface area contributed by atoms with Gasteiger partial charge in [0.05, 0.1) is 30.2 Å². The minimum atomic E-state index is -3.71. The van der Waals surface area contributed by atoms with Crippen LogP contribution in [0.25, 0.3) is 0 Å². The van der Waals surface area contributed by atoms with Gasteiger partial charge in [-0.2, -0.15) is 4.31 Å². The van der Waals surface area contributed by atoms with Gasteiger partial charge in [0, 0.05) is 24.5 Å². The molecule has 0 radical (unpaired) electrons. The van der Waals surface area contributed by atoms with Gasteiger partial charge in [0.25, 0.3) is 0 Å². The van der Waals surface area contributed by atoms with Gasteiger partial charge in [-0.3, -0.25) is 4.79 Å².